The summed E-state index contributed by atoms with van der Waals surface area (Å²) in [5.74, 6) is -3.23. The Labute approximate surface area is 400 Å². The van der Waals surface area contributed by atoms with Gasteiger partial charge < -0.3 is 44.0 Å². The summed E-state index contributed by atoms with van der Waals surface area (Å²) in [6.07, 6.45) is 6.39. The van der Waals surface area contributed by atoms with Gasteiger partial charge in [0, 0.05) is 180 Å². The molecule has 3 heterocycles. The molecule has 0 spiro atoms. The van der Waals surface area contributed by atoms with Crippen LogP contribution >= 0.6 is 0 Å². The van der Waals surface area contributed by atoms with Crippen molar-refractivity contribution in [3.63, 3.8) is 0 Å². The van der Waals surface area contributed by atoms with E-state index in [0.29, 0.717) is 32.1 Å². The Morgan fingerprint density at radius 2 is 0.849 bits per heavy atom. The van der Waals surface area contributed by atoms with Crippen LogP contribution in [0, 0.1) is 5.92 Å². The maximum atomic E-state index is 10.8. The minimum Gasteiger partial charge on any atom is -0.365 e. The van der Waals surface area contributed by atoms with E-state index in [-0.39, 0.29) is 137 Å². The molecule has 3 saturated heterocycles. The summed E-state index contributed by atoms with van der Waals surface area (Å²) in [4.78, 5) is 16.7. The monoisotopic (exact) mass is 988 g/mol. The molecule has 12 nitrogen and oxygen atoms in total. The van der Waals surface area contributed by atoms with Crippen molar-refractivity contribution in [3.05, 3.63) is 0 Å². The second kappa shape index (κ2) is 22.6. The molecule has 5 atom stereocenters. The van der Waals surface area contributed by atoms with E-state index < -0.39 is 17.4 Å². The molecule has 53 heavy (non-hydrogen) atoms. The van der Waals surface area contributed by atoms with Crippen LogP contribution in [0.3, 0.4) is 0 Å². The van der Waals surface area contributed by atoms with Gasteiger partial charge in [-0.2, -0.15) is 15.2 Å². The number of aliphatic hydroxyl groups is 3. The van der Waals surface area contributed by atoms with Gasteiger partial charge in [-0.3, -0.25) is 0 Å². The Bertz CT molecular complexity index is 1060. The third-order valence-electron chi connectivity index (χ3n) is 12.5. The van der Waals surface area contributed by atoms with Gasteiger partial charge in [0.1, 0.15) is 0 Å². The van der Waals surface area contributed by atoms with E-state index in [9.17, 15) is 15.3 Å². The first-order chi connectivity index (χ1) is 22.7. The van der Waals surface area contributed by atoms with E-state index in [4.69, 9.17) is 28.7 Å². The summed E-state index contributed by atoms with van der Waals surface area (Å²) < 4.78 is 16.0. The number of methoxy groups -OCH3 is 3. The summed E-state index contributed by atoms with van der Waals surface area (Å²) in [6, 6.07) is 0. The fraction of sp³-hybridized carbons (Fsp3) is 1.00. The normalized spacial score (nSPS) is 34.4. The SMILES string of the molecule is CCC1(C)CC(O)(OC)C(C)C(C)(CC)N1OC.CCC1(CC)CC(O)(OC)CC(C)(C)N1OC.CON1C(C)(C)CC(O)(OC)CC1(C)C.[Y].[Y].[Y]. The number of hydrogen-bond acceptors (Lipinski definition) is 12. The Balaban J connectivity index is -0.000000691. The molecule has 0 aromatic heterocycles. The van der Waals surface area contributed by atoms with Crippen molar-refractivity contribution in [2.75, 3.05) is 42.7 Å². The van der Waals surface area contributed by atoms with E-state index in [2.05, 4.69) is 60.5 Å². The van der Waals surface area contributed by atoms with Crippen molar-refractivity contribution in [2.45, 2.75) is 198 Å². The zero-order valence-corrected chi connectivity index (χ0v) is 45.8. The Morgan fingerprint density at radius 1 is 0.491 bits per heavy atom. The molecule has 3 rings (SSSR count). The first-order valence-corrected chi connectivity index (χ1v) is 18.6. The van der Waals surface area contributed by atoms with Crippen LogP contribution in [0.1, 0.15) is 148 Å². The van der Waals surface area contributed by atoms with E-state index in [1.807, 2.05) is 44.7 Å². The summed E-state index contributed by atoms with van der Waals surface area (Å²) >= 11 is 0. The largest absolute Gasteiger partial charge is 0.365 e. The van der Waals surface area contributed by atoms with Crippen molar-refractivity contribution in [3.8, 4) is 0 Å². The third kappa shape index (κ3) is 13.2. The second-order valence-electron chi connectivity index (χ2n) is 17.3. The van der Waals surface area contributed by atoms with Crippen LogP contribution in [0.5, 0.6) is 0 Å². The van der Waals surface area contributed by atoms with Crippen molar-refractivity contribution >= 4 is 0 Å². The average molecular weight is 989 g/mol. The molecule has 0 aromatic rings. The summed E-state index contributed by atoms with van der Waals surface area (Å²) in [6.45, 7) is 27.1. The molecule has 309 valence electrons. The third-order valence-corrected chi connectivity index (χ3v) is 12.5. The molecular formula is C38H79N3O9Y3. The van der Waals surface area contributed by atoms with Gasteiger partial charge in [-0.1, -0.05) is 34.6 Å². The fourth-order valence-electron chi connectivity index (χ4n) is 9.87. The van der Waals surface area contributed by atoms with Crippen LogP contribution in [0.4, 0.5) is 0 Å². The van der Waals surface area contributed by atoms with Gasteiger partial charge in [0.15, 0.2) is 17.4 Å². The van der Waals surface area contributed by atoms with Gasteiger partial charge in [0.25, 0.3) is 0 Å². The fourth-order valence-corrected chi connectivity index (χ4v) is 9.87. The minimum atomic E-state index is -1.09. The van der Waals surface area contributed by atoms with Gasteiger partial charge in [0.05, 0.1) is 32.4 Å². The van der Waals surface area contributed by atoms with Crippen LogP contribution in [-0.2, 0) is 127 Å². The maximum Gasteiger partial charge on any atom is 0.171 e. The van der Waals surface area contributed by atoms with Gasteiger partial charge in [-0.15, -0.1) is 0 Å². The van der Waals surface area contributed by atoms with Gasteiger partial charge in [-0.25, -0.2) is 0 Å². The van der Waals surface area contributed by atoms with Crippen molar-refractivity contribution < 1.29 is 142 Å². The molecule has 3 aliphatic rings. The molecule has 0 amide bonds. The molecule has 3 N–H and O–H groups in total. The van der Waals surface area contributed by atoms with Crippen molar-refractivity contribution in [2.24, 2.45) is 5.92 Å². The minimum absolute atomic E-state index is 0. The van der Waals surface area contributed by atoms with Gasteiger partial charge in [0.2, 0.25) is 0 Å². The molecule has 0 aromatic carbocycles. The van der Waals surface area contributed by atoms with Crippen LogP contribution in [0.2, 0.25) is 0 Å². The Morgan fingerprint density at radius 3 is 1.13 bits per heavy atom. The Hall–Kier alpha value is 2.83. The van der Waals surface area contributed by atoms with Crippen LogP contribution in [0.15, 0.2) is 0 Å². The number of nitrogens with zero attached hydrogens (tertiary/aromatic N) is 3. The molecular weight excluding hydrogens is 909 g/mol. The zero-order valence-electron chi connectivity index (χ0n) is 37.3. The Kier molecular flexibility index (Phi) is 25.7. The molecule has 0 bridgehead atoms. The molecule has 3 fully saturated rings. The molecule has 0 aliphatic carbocycles. The standard InChI is InChI=1S/C14H29NO3.C13H27NO3.C11H23NO3.3Y/c1-8-12(4)10-14(16,17-6)11(3)13(5,9-2)15(12)18-7;1-7-12(8-2)10-13(15,16-5)9-11(3,4)14(12)17-6;1-9(2)7-11(13,14-5)8-10(3,4)12(9)15-6;;;/h11,16H,8-10H2,1-7H3;15H,7-10H2,1-6H3;13H,7-8H2,1-6H3;;;. The molecule has 5 unspecified atom stereocenters. The quantitative estimate of drug-likeness (QED) is 0.210. The average Bonchev–Trinajstić information content (AvgIpc) is 3.02. The molecule has 0 saturated carbocycles. The first-order valence-electron chi connectivity index (χ1n) is 18.6. The number of hydroxylamine groups is 6. The predicted octanol–water partition coefficient (Wildman–Crippen LogP) is 6.41. The molecule has 3 radical (unpaired) electrons. The first kappa shape index (κ1) is 60.1. The zero-order chi connectivity index (χ0) is 39.4. The van der Waals surface area contributed by atoms with Crippen molar-refractivity contribution in [1.82, 2.24) is 15.2 Å². The number of hydrogen-bond donors (Lipinski definition) is 3. The van der Waals surface area contributed by atoms with E-state index in [1.54, 1.807) is 42.7 Å². The van der Waals surface area contributed by atoms with Crippen molar-refractivity contribution in [1.29, 1.82) is 0 Å². The van der Waals surface area contributed by atoms with E-state index in [0.717, 1.165) is 25.7 Å². The summed E-state index contributed by atoms with van der Waals surface area (Å²) in [7, 11) is 9.81. The van der Waals surface area contributed by atoms with Crippen LogP contribution in [0.25, 0.3) is 0 Å². The van der Waals surface area contributed by atoms with Crippen LogP contribution in [-0.4, -0.2) is 124 Å². The van der Waals surface area contributed by atoms with Gasteiger partial charge in [-0.05, 0) is 81.1 Å². The van der Waals surface area contributed by atoms with Gasteiger partial charge >= 0.3 is 0 Å². The molecule has 15 heteroatoms. The number of ether oxygens (including phenoxy) is 3. The molecule has 3 aliphatic heterocycles. The number of rotatable bonds is 10. The summed E-state index contributed by atoms with van der Waals surface area (Å²) in [5, 5.41) is 37.6. The topological polar surface area (TPSA) is 126 Å². The second-order valence-corrected chi connectivity index (χ2v) is 17.3. The van der Waals surface area contributed by atoms with Crippen LogP contribution < -0.4 is 0 Å². The number of piperidine rings is 3. The van der Waals surface area contributed by atoms with E-state index in [1.165, 1.54) is 0 Å². The smallest absolute Gasteiger partial charge is 0.171 e. The summed E-state index contributed by atoms with van der Waals surface area (Å²) in [5.41, 5.74) is -1.38. The maximum absolute atomic E-state index is 10.8. The predicted molar refractivity (Wildman–Crippen MR) is 198 cm³/mol. The van der Waals surface area contributed by atoms with E-state index >= 15 is 0 Å².